The van der Waals surface area contributed by atoms with Gasteiger partial charge in [0, 0.05) is 11.8 Å². The van der Waals surface area contributed by atoms with Crippen LogP contribution in [0.25, 0.3) is 0 Å². The predicted octanol–water partition coefficient (Wildman–Crippen LogP) is 3.36. The lowest BCUT2D eigenvalue weighted by molar-refractivity contribution is -0.387. The van der Waals surface area contributed by atoms with Gasteiger partial charge in [0.25, 0.3) is 5.69 Å². The van der Waals surface area contributed by atoms with Crippen molar-refractivity contribution in [2.24, 2.45) is 0 Å². The smallest absolute Gasteiger partial charge is 0.282 e. The topological polar surface area (TPSA) is 79.0 Å². The Morgan fingerprint density at radius 2 is 2.20 bits per heavy atom. The quantitative estimate of drug-likeness (QED) is 0.451. The highest BCUT2D eigenvalue weighted by Crippen LogP contribution is 2.30. The Hall–Kier alpha value is -1.58. The Bertz CT molecular complexity index is 501. The number of hydrogen-bond acceptors (Lipinski definition) is 5. The minimum atomic E-state index is -0.577. The van der Waals surface area contributed by atoms with Gasteiger partial charge in [0.15, 0.2) is 0 Å². The van der Waals surface area contributed by atoms with Gasteiger partial charge in [0.1, 0.15) is 5.54 Å². The van der Waals surface area contributed by atoms with Gasteiger partial charge in [-0.25, -0.2) is 0 Å². The molecule has 0 bridgehead atoms. The number of nitro groups is 1. The second-order valence-corrected chi connectivity index (χ2v) is 5.83. The maximum absolute atomic E-state index is 10.9. The number of nitrogens with one attached hydrogen (secondary N) is 1. The number of nitrogens with zero attached hydrogens (tertiary/aromatic N) is 2. The molecule has 6 heteroatoms. The molecule has 1 unspecified atom stereocenters. The lowest BCUT2D eigenvalue weighted by Crippen LogP contribution is -2.41. The molecule has 1 aromatic carbocycles. The van der Waals surface area contributed by atoms with Gasteiger partial charge < -0.3 is 0 Å². The highest BCUT2D eigenvalue weighted by molar-refractivity contribution is 7.99. The minimum Gasteiger partial charge on any atom is -0.300 e. The Labute approximate surface area is 123 Å². The number of rotatable bonds is 8. The number of nitriles is 1. The summed E-state index contributed by atoms with van der Waals surface area (Å²) < 4.78 is 0. The Kier molecular flexibility index (Phi) is 6.49. The first kappa shape index (κ1) is 16.5. The molecule has 0 aromatic heterocycles. The monoisotopic (exact) mass is 293 g/mol. The van der Waals surface area contributed by atoms with Crippen molar-refractivity contribution in [2.45, 2.75) is 37.1 Å². The fraction of sp³-hybridized carbons (Fsp3) is 0.500. The number of benzene rings is 1. The van der Waals surface area contributed by atoms with Gasteiger partial charge >= 0.3 is 0 Å². The predicted molar refractivity (Wildman–Crippen MR) is 80.7 cm³/mol. The molecule has 0 fully saturated rings. The third-order valence-electron chi connectivity index (χ3n) is 2.93. The van der Waals surface area contributed by atoms with Gasteiger partial charge in [0.05, 0.1) is 15.9 Å². The fourth-order valence-electron chi connectivity index (χ4n) is 1.68. The molecule has 0 saturated heterocycles. The zero-order chi connectivity index (χ0) is 15.0. The Morgan fingerprint density at radius 1 is 1.50 bits per heavy atom. The van der Waals surface area contributed by atoms with Crippen LogP contribution in [0.5, 0.6) is 0 Å². The van der Waals surface area contributed by atoms with E-state index in [-0.39, 0.29) is 10.6 Å². The van der Waals surface area contributed by atoms with Crippen LogP contribution >= 0.6 is 11.8 Å². The van der Waals surface area contributed by atoms with E-state index in [1.54, 1.807) is 18.2 Å². The van der Waals surface area contributed by atoms with Crippen LogP contribution in [0.2, 0.25) is 0 Å². The number of thioether (sulfide) groups is 1. The molecule has 0 spiro atoms. The van der Waals surface area contributed by atoms with E-state index in [4.69, 9.17) is 0 Å². The lowest BCUT2D eigenvalue weighted by atomic mass is 10.0. The van der Waals surface area contributed by atoms with Crippen LogP contribution in [-0.2, 0) is 0 Å². The van der Waals surface area contributed by atoms with Crippen molar-refractivity contribution in [1.29, 1.82) is 5.26 Å². The molecule has 108 valence electrons. The molecule has 1 aromatic rings. The van der Waals surface area contributed by atoms with Crippen LogP contribution in [0, 0.1) is 21.4 Å². The highest BCUT2D eigenvalue weighted by atomic mass is 32.2. The van der Waals surface area contributed by atoms with Gasteiger partial charge in [-0.05, 0) is 32.4 Å². The van der Waals surface area contributed by atoms with Gasteiger partial charge in [-0.3, -0.25) is 15.4 Å². The van der Waals surface area contributed by atoms with Crippen LogP contribution in [0.1, 0.15) is 26.7 Å². The van der Waals surface area contributed by atoms with Gasteiger partial charge in [-0.2, -0.15) is 5.26 Å². The summed E-state index contributed by atoms with van der Waals surface area (Å²) in [7, 11) is 0. The van der Waals surface area contributed by atoms with Crippen molar-refractivity contribution in [1.82, 2.24) is 5.32 Å². The molecule has 0 radical (unpaired) electrons. The molecule has 0 heterocycles. The maximum Gasteiger partial charge on any atom is 0.282 e. The summed E-state index contributed by atoms with van der Waals surface area (Å²) in [5.74, 6) is 0.658. The van der Waals surface area contributed by atoms with Crippen molar-refractivity contribution in [2.75, 3.05) is 12.3 Å². The molecular formula is C14H19N3O2S. The van der Waals surface area contributed by atoms with E-state index in [0.29, 0.717) is 17.1 Å². The number of hydrogen-bond donors (Lipinski definition) is 1. The minimum absolute atomic E-state index is 0.123. The van der Waals surface area contributed by atoms with Crippen molar-refractivity contribution < 1.29 is 4.92 Å². The first-order chi connectivity index (χ1) is 9.52. The summed E-state index contributed by atoms with van der Waals surface area (Å²) in [5.41, 5.74) is -0.454. The molecule has 1 N–H and O–H groups in total. The Morgan fingerprint density at radius 3 is 2.80 bits per heavy atom. The summed E-state index contributed by atoms with van der Waals surface area (Å²) in [6, 6.07) is 8.96. The van der Waals surface area contributed by atoms with Gasteiger partial charge in [0.2, 0.25) is 0 Å². The molecule has 1 rings (SSSR count). The van der Waals surface area contributed by atoms with E-state index in [1.165, 1.54) is 17.8 Å². The summed E-state index contributed by atoms with van der Waals surface area (Å²) in [6.07, 6.45) is 1.61. The molecule has 20 heavy (non-hydrogen) atoms. The standard InChI is InChI=1S/C14H19N3O2S/c1-3-9-16-14(2,11-15)8-10-20-13-7-5-4-6-12(13)17(18)19/h4-7,16H,3,8-10H2,1-2H3. The van der Waals surface area contributed by atoms with Crippen molar-refractivity contribution >= 4 is 17.4 Å². The first-order valence-electron chi connectivity index (χ1n) is 6.55. The summed E-state index contributed by atoms with van der Waals surface area (Å²) in [5, 5.41) is 23.3. The Balaban J connectivity index is 2.60. The normalized spacial score (nSPS) is 13.4. The molecule has 0 aliphatic rings. The lowest BCUT2D eigenvalue weighted by Gasteiger charge is -2.22. The van der Waals surface area contributed by atoms with Crippen molar-refractivity contribution in [3.8, 4) is 6.07 Å². The van der Waals surface area contributed by atoms with E-state index in [1.807, 2.05) is 13.8 Å². The zero-order valence-electron chi connectivity index (χ0n) is 11.8. The molecule has 5 nitrogen and oxygen atoms in total. The summed E-state index contributed by atoms with van der Waals surface area (Å²) >= 11 is 1.42. The van der Waals surface area contributed by atoms with E-state index in [2.05, 4.69) is 11.4 Å². The van der Waals surface area contributed by atoms with Crippen LogP contribution in [0.4, 0.5) is 5.69 Å². The fourth-order valence-corrected chi connectivity index (χ4v) is 2.88. The second-order valence-electron chi connectivity index (χ2n) is 4.69. The molecule has 0 amide bonds. The SMILES string of the molecule is CCCNC(C)(C#N)CCSc1ccccc1[N+](=O)[O-]. The molecule has 0 aliphatic carbocycles. The van der Waals surface area contributed by atoms with Crippen LogP contribution in [-0.4, -0.2) is 22.8 Å². The van der Waals surface area contributed by atoms with Crippen molar-refractivity contribution in [3.05, 3.63) is 34.4 Å². The average Bonchev–Trinajstić information content (AvgIpc) is 2.45. The van der Waals surface area contributed by atoms with E-state index in [9.17, 15) is 15.4 Å². The summed E-state index contributed by atoms with van der Waals surface area (Å²) in [6.45, 7) is 4.70. The number of para-hydroxylation sites is 1. The van der Waals surface area contributed by atoms with E-state index >= 15 is 0 Å². The second kappa shape index (κ2) is 7.88. The largest absolute Gasteiger partial charge is 0.300 e. The van der Waals surface area contributed by atoms with Crippen LogP contribution in [0.3, 0.4) is 0 Å². The molecule has 0 aliphatic heterocycles. The average molecular weight is 293 g/mol. The molecule has 1 atom stereocenters. The van der Waals surface area contributed by atoms with Gasteiger partial charge in [-0.15, -0.1) is 11.8 Å². The zero-order valence-corrected chi connectivity index (χ0v) is 12.6. The van der Waals surface area contributed by atoms with E-state index in [0.717, 1.165) is 13.0 Å². The van der Waals surface area contributed by atoms with Crippen LogP contribution in [0.15, 0.2) is 29.2 Å². The third kappa shape index (κ3) is 4.83. The summed E-state index contributed by atoms with van der Waals surface area (Å²) in [4.78, 5) is 11.2. The van der Waals surface area contributed by atoms with E-state index < -0.39 is 5.54 Å². The highest BCUT2D eigenvalue weighted by Gasteiger charge is 2.23. The first-order valence-corrected chi connectivity index (χ1v) is 7.53. The third-order valence-corrected chi connectivity index (χ3v) is 4.00. The van der Waals surface area contributed by atoms with Crippen molar-refractivity contribution in [3.63, 3.8) is 0 Å². The number of nitro benzene ring substituents is 1. The molecular weight excluding hydrogens is 274 g/mol. The maximum atomic E-state index is 10.9. The van der Waals surface area contributed by atoms with Gasteiger partial charge in [-0.1, -0.05) is 19.1 Å². The molecule has 0 saturated carbocycles. The van der Waals surface area contributed by atoms with Crippen LogP contribution < -0.4 is 5.32 Å².